The summed E-state index contributed by atoms with van der Waals surface area (Å²) in [6, 6.07) is 0. The fourth-order valence-electron chi connectivity index (χ4n) is 0.844. The van der Waals surface area contributed by atoms with Crippen molar-refractivity contribution < 1.29 is 5.11 Å². The van der Waals surface area contributed by atoms with E-state index in [9.17, 15) is 5.11 Å². The molecule has 1 atom stereocenters. The zero-order valence-electron chi connectivity index (χ0n) is 7.60. The van der Waals surface area contributed by atoms with Gasteiger partial charge >= 0.3 is 0 Å². The van der Waals surface area contributed by atoms with Crippen LogP contribution < -0.4 is 0 Å². The van der Waals surface area contributed by atoms with Crippen LogP contribution in [0.5, 0.6) is 0 Å². The SMILES string of the molecule is CC(C)C(O)Cc1nnnn1C. The van der Waals surface area contributed by atoms with Crippen molar-refractivity contribution in [2.24, 2.45) is 13.0 Å². The third-order valence-electron chi connectivity index (χ3n) is 1.87. The highest BCUT2D eigenvalue weighted by Gasteiger charge is 2.13. The molecule has 1 aromatic heterocycles. The Bertz CT molecular complexity index is 245. The second-order valence-electron chi connectivity index (χ2n) is 3.23. The van der Waals surface area contributed by atoms with Gasteiger partial charge in [0.05, 0.1) is 6.10 Å². The van der Waals surface area contributed by atoms with E-state index in [4.69, 9.17) is 0 Å². The molecule has 0 fully saturated rings. The Morgan fingerprint density at radius 3 is 2.58 bits per heavy atom. The van der Waals surface area contributed by atoms with Gasteiger partial charge in [-0.15, -0.1) is 5.10 Å². The molecule has 68 valence electrons. The highest BCUT2D eigenvalue weighted by molar-refractivity contribution is 4.83. The van der Waals surface area contributed by atoms with Crippen LogP contribution in [-0.2, 0) is 13.5 Å². The molecule has 1 rings (SSSR count). The molecule has 0 saturated carbocycles. The predicted octanol–water partition coefficient (Wildman–Crippen LogP) is -0.231. The van der Waals surface area contributed by atoms with Gasteiger partial charge in [-0.25, -0.2) is 4.68 Å². The molecule has 0 aliphatic heterocycles. The molecule has 0 spiro atoms. The number of aromatic nitrogens is 4. The third kappa shape index (κ3) is 2.01. The number of hydrogen-bond acceptors (Lipinski definition) is 4. The number of hydrogen-bond donors (Lipinski definition) is 1. The lowest BCUT2D eigenvalue weighted by atomic mass is 10.0. The molecule has 0 saturated heterocycles. The lowest BCUT2D eigenvalue weighted by molar-refractivity contribution is 0.122. The molecule has 0 aliphatic carbocycles. The second-order valence-corrected chi connectivity index (χ2v) is 3.23. The van der Waals surface area contributed by atoms with Gasteiger partial charge < -0.3 is 5.11 Å². The molecular formula is C7H14N4O. The van der Waals surface area contributed by atoms with Gasteiger partial charge in [0.1, 0.15) is 0 Å². The van der Waals surface area contributed by atoms with Gasteiger partial charge in [0.15, 0.2) is 5.82 Å². The van der Waals surface area contributed by atoms with E-state index in [-0.39, 0.29) is 12.0 Å². The summed E-state index contributed by atoms with van der Waals surface area (Å²) in [6.45, 7) is 3.93. The molecule has 0 radical (unpaired) electrons. The number of tetrazole rings is 1. The first-order valence-corrected chi connectivity index (χ1v) is 4.00. The van der Waals surface area contributed by atoms with Crippen molar-refractivity contribution in [1.29, 1.82) is 0 Å². The second kappa shape index (κ2) is 3.62. The molecule has 0 aliphatic rings. The minimum Gasteiger partial charge on any atom is -0.392 e. The average molecular weight is 170 g/mol. The van der Waals surface area contributed by atoms with Gasteiger partial charge in [-0.1, -0.05) is 13.8 Å². The van der Waals surface area contributed by atoms with Gasteiger partial charge in [-0.05, 0) is 16.3 Å². The molecule has 12 heavy (non-hydrogen) atoms. The maximum absolute atomic E-state index is 9.51. The van der Waals surface area contributed by atoms with Crippen LogP contribution in [0.1, 0.15) is 19.7 Å². The zero-order valence-corrected chi connectivity index (χ0v) is 7.60. The van der Waals surface area contributed by atoms with Crippen LogP contribution in [0.4, 0.5) is 0 Å². The maximum atomic E-state index is 9.51. The Kier molecular flexibility index (Phi) is 2.75. The van der Waals surface area contributed by atoms with E-state index in [2.05, 4.69) is 15.5 Å². The highest BCUT2D eigenvalue weighted by atomic mass is 16.3. The molecule has 1 aromatic rings. The molecule has 5 heteroatoms. The minimum atomic E-state index is -0.366. The lowest BCUT2D eigenvalue weighted by Gasteiger charge is -2.12. The van der Waals surface area contributed by atoms with Gasteiger partial charge in [0.25, 0.3) is 0 Å². The fraction of sp³-hybridized carbons (Fsp3) is 0.857. The first-order chi connectivity index (χ1) is 5.61. The van der Waals surface area contributed by atoms with Crippen LogP contribution >= 0.6 is 0 Å². The average Bonchev–Trinajstić information content (AvgIpc) is 2.36. The van der Waals surface area contributed by atoms with Gasteiger partial charge in [0, 0.05) is 13.5 Å². The summed E-state index contributed by atoms with van der Waals surface area (Å²) < 4.78 is 1.58. The Hall–Kier alpha value is -0.970. The fourth-order valence-corrected chi connectivity index (χ4v) is 0.844. The number of aliphatic hydroxyl groups excluding tert-OH is 1. The van der Waals surface area contributed by atoms with Crippen molar-refractivity contribution in [3.8, 4) is 0 Å². The Labute approximate surface area is 71.4 Å². The Morgan fingerprint density at radius 1 is 1.50 bits per heavy atom. The van der Waals surface area contributed by atoms with E-state index < -0.39 is 0 Å². The molecule has 5 nitrogen and oxygen atoms in total. The van der Waals surface area contributed by atoms with Crippen molar-refractivity contribution in [3.05, 3.63) is 5.82 Å². The topological polar surface area (TPSA) is 63.8 Å². The van der Waals surface area contributed by atoms with E-state index in [0.29, 0.717) is 6.42 Å². The molecule has 0 aromatic carbocycles. The van der Waals surface area contributed by atoms with Crippen molar-refractivity contribution in [2.75, 3.05) is 0 Å². The molecule has 1 N–H and O–H groups in total. The van der Waals surface area contributed by atoms with Crippen LogP contribution in [0.15, 0.2) is 0 Å². The van der Waals surface area contributed by atoms with E-state index in [1.807, 2.05) is 13.8 Å². The molecular weight excluding hydrogens is 156 g/mol. The van der Waals surface area contributed by atoms with Crippen LogP contribution in [0.25, 0.3) is 0 Å². The molecule has 0 amide bonds. The smallest absolute Gasteiger partial charge is 0.153 e. The standard InChI is InChI=1S/C7H14N4O/c1-5(2)6(12)4-7-8-9-10-11(7)3/h5-6,12H,4H2,1-3H3. The number of aryl methyl sites for hydroxylation is 1. The number of nitrogens with zero attached hydrogens (tertiary/aromatic N) is 4. The molecule has 0 bridgehead atoms. The summed E-state index contributed by atoms with van der Waals surface area (Å²) in [5.74, 6) is 0.956. The normalized spacial score (nSPS) is 13.8. The van der Waals surface area contributed by atoms with E-state index in [0.717, 1.165) is 5.82 Å². The van der Waals surface area contributed by atoms with E-state index in [1.165, 1.54) is 0 Å². The van der Waals surface area contributed by atoms with Crippen molar-refractivity contribution in [1.82, 2.24) is 20.2 Å². The first kappa shape index (κ1) is 9.12. The largest absolute Gasteiger partial charge is 0.392 e. The summed E-state index contributed by atoms with van der Waals surface area (Å²) >= 11 is 0. The maximum Gasteiger partial charge on any atom is 0.153 e. The van der Waals surface area contributed by atoms with Crippen LogP contribution in [-0.4, -0.2) is 31.4 Å². The highest BCUT2D eigenvalue weighted by Crippen LogP contribution is 2.06. The van der Waals surface area contributed by atoms with Crippen molar-refractivity contribution in [2.45, 2.75) is 26.4 Å². The quantitative estimate of drug-likeness (QED) is 0.680. The van der Waals surface area contributed by atoms with Crippen molar-refractivity contribution in [3.63, 3.8) is 0 Å². The monoisotopic (exact) mass is 170 g/mol. The number of rotatable bonds is 3. The predicted molar refractivity (Wildman–Crippen MR) is 43.3 cm³/mol. The summed E-state index contributed by atoms with van der Waals surface area (Å²) in [5, 5.41) is 20.5. The Morgan fingerprint density at radius 2 is 2.17 bits per heavy atom. The lowest BCUT2D eigenvalue weighted by Crippen LogP contribution is -2.19. The van der Waals surface area contributed by atoms with Gasteiger partial charge in [0.2, 0.25) is 0 Å². The summed E-state index contributed by atoms with van der Waals surface area (Å²) in [7, 11) is 1.77. The minimum absolute atomic E-state index is 0.238. The molecule has 1 heterocycles. The summed E-state index contributed by atoms with van der Waals surface area (Å²) in [5.41, 5.74) is 0. The van der Waals surface area contributed by atoms with E-state index >= 15 is 0 Å². The van der Waals surface area contributed by atoms with Gasteiger partial charge in [-0.2, -0.15) is 0 Å². The summed E-state index contributed by atoms with van der Waals surface area (Å²) in [6.07, 6.45) is 0.149. The number of aliphatic hydroxyl groups is 1. The van der Waals surface area contributed by atoms with Crippen LogP contribution in [0.3, 0.4) is 0 Å². The Balaban J connectivity index is 2.58. The third-order valence-corrected chi connectivity index (χ3v) is 1.87. The van der Waals surface area contributed by atoms with Crippen molar-refractivity contribution >= 4 is 0 Å². The van der Waals surface area contributed by atoms with Crippen LogP contribution in [0.2, 0.25) is 0 Å². The first-order valence-electron chi connectivity index (χ1n) is 4.00. The van der Waals surface area contributed by atoms with Gasteiger partial charge in [-0.3, -0.25) is 0 Å². The molecule has 1 unspecified atom stereocenters. The zero-order chi connectivity index (χ0) is 9.14. The van der Waals surface area contributed by atoms with E-state index in [1.54, 1.807) is 11.7 Å². The van der Waals surface area contributed by atoms with Crippen LogP contribution in [0, 0.1) is 5.92 Å². The summed E-state index contributed by atoms with van der Waals surface area (Å²) in [4.78, 5) is 0.